The lowest BCUT2D eigenvalue weighted by Crippen LogP contribution is -2.57. The molecule has 0 aliphatic carbocycles. The second-order valence-corrected chi connectivity index (χ2v) is 13.3. The molecule has 268 valence electrons. The molecule has 0 bridgehead atoms. The maximum atomic E-state index is 14.6. The first-order valence-corrected chi connectivity index (χ1v) is 17.8. The number of nitrogens with zero attached hydrogens (tertiary/aromatic N) is 4. The topological polar surface area (TPSA) is 109 Å². The van der Waals surface area contributed by atoms with Gasteiger partial charge in [-0.3, -0.25) is 24.3 Å². The molecule has 0 spiro atoms. The number of carbonyl (C=O) groups is 3. The van der Waals surface area contributed by atoms with Gasteiger partial charge in [0.2, 0.25) is 17.7 Å². The molecule has 0 radical (unpaired) electrons. The van der Waals surface area contributed by atoms with Gasteiger partial charge in [-0.05, 0) is 69.8 Å². The smallest absolute Gasteiger partial charge is 0.245 e. The van der Waals surface area contributed by atoms with E-state index in [1.54, 1.807) is 14.1 Å². The molecule has 3 aromatic carbocycles. The molecule has 10 nitrogen and oxygen atoms in total. The Morgan fingerprint density at radius 1 is 0.840 bits per heavy atom. The van der Waals surface area contributed by atoms with Crippen LogP contribution in [0, 0.1) is 0 Å². The molecule has 4 rings (SSSR count). The Hall–Kier alpha value is -4.70. The summed E-state index contributed by atoms with van der Waals surface area (Å²) >= 11 is 0. The lowest BCUT2D eigenvalue weighted by Gasteiger charge is -2.35. The van der Waals surface area contributed by atoms with Crippen molar-refractivity contribution >= 4 is 23.7 Å². The SMILES string of the molecule is CN=C(NC)N[C@H](Cc1ccccc1)C(=O)N(CCc1ccccc1)C[C@@H]1CCCN1C(=O)[C@H](CCc1ccccc1)NC(=O)[C@H](C)N(C)C. The quantitative estimate of drug-likeness (QED) is 0.158. The van der Waals surface area contributed by atoms with Crippen molar-refractivity contribution in [2.24, 2.45) is 4.99 Å². The molecular weight excluding hydrogens is 626 g/mol. The number of guanidine groups is 1. The van der Waals surface area contributed by atoms with E-state index in [1.165, 1.54) is 0 Å². The Morgan fingerprint density at radius 3 is 1.98 bits per heavy atom. The van der Waals surface area contributed by atoms with Crippen molar-refractivity contribution in [3.05, 3.63) is 108 Å². The first-order valence-electron chi connectivity index (χ1n) is 17.8. The predicted molar refractivity (Wildman–Crippen MR) is 201 cm³/mol. The molecule has 1 aliphatic heterocycles. The molecule has 3 aromatic rings. The number of likely N-dealkylation sites (tertiary alicyclic amines) is 1. The Balaban J connectivity index is 1.59. The Kier molecular flexibility index (Phi) is 14.8. The third-order valence-electron chi connectivity index (χ3n) is 9.60. The fourth-order valence-electron chi connectivity index (χ4n) is 6.39. The summed E-state index contributed by atoms with van der Waals surface area (Å²) in [6, 6.07) is 28.4. The number of nitrogens with one attached hydrogen (secondary N) is 3. The van der Waals surface area contributed by atoms with Crippen LogP contribution in [0.1, 0.15) is 42.9 Å². The summed E-state index contributed by atoms with van der Waals surface area (Å²) in [6.07, 6.45) is 3.93. The van der Waals surface area contributed by atoms with Crippen molar-refractivity contribution in [1.82, 2.24) is 30.7 Å². The number of rotatable bonds is 16. The van der Waals surface area contributed by atoms with Crippen molar-refractivity contribution in [2.75, 3.05) is 47.8 Å². The largest absolute Gasteiger partial charge is 0.359 e. The van der Waals surface area contributed by atoms with Gasteiger partial charge in [-0.1, -0.05) is 91.0 Å². The highest BCUT2D eigenvalue weighted by Gasteiger charge is 2.37. The van der Waals surface area contributed by atoms with Crippen molar-refractivity contribution < 1.29 is 14.4 Å². The summed E-state index contributed by atoms with van der Waals surface area (Å²) in [5, 5.41) is 9.49. The molecule has 3 N–H and O–H groups in total. The van der Waals surface area contributed by atoms with Gasteiger partial charge >= 0.3 is 0 Å². The van der Waals surface area contributed by atoms with Crippen molar-refractivity contribution in [2.45, 2.75) is 69.6 Å². The third-order valence-corrected chi connectivity index (χ3v) is 9.60. The zero-order chi connectivity index (χ0) is 35.9. The van der Waals surface area contributed by atoms with E-state index in [1.807, 2.05) is 115 Å². The van der Waals surface area contributed by atoms with Gasteiger partial charge in [0, 0.05) is 46.2 Å². The molecule has 3 amide bonds. The van der Waals surface area contributed by atoms with Crippen LogP contribution >= 0.6 is 0 Å². The first-order chi connectivity index (χ1) is 24.2. The fraction of sp³-hybridized carbons (Fsp3) is 0.450. The van der Waals surface area contributed by atoms with Crippen LogP contribution in [0.2, 0.25) is 0 Å². The van der Waals surface area contributed by atoms with E-state index >= 15 is 0 Å². The van der Waals surface area contributed by atoms with E-state index < -0.39 is 12.1 Å². The van der Waals surface area contributed by atoms with Crippen LogP contribution in [-0.4, -0.2) is 110 Å². The minimum atomic E-state index is -0.675. The summed E-state index contributed by atoms with van der Waals surface area (Å²) in [6.45, 7) is 3.33. The monoisotopic (exact) mass is 681 g/mol. The first kappa shape index (κ1) is 38.1. The second-order valence-electron chi connectivity index (χ2n) is 13.3. The number of amides is 3. The zero-order valence-corrected chi connectivity index (χ0v) is 30.3. The van der Waals surface area contributed by atoms with Gasteiger partial charge in [-0.2, -0.15) is 0 Å². The van der Waals surface area contributed by atoms with Gasteiger partial charge in [0.05, 0.1) is 6.04 Å². The number of benzene rings is 3. The number of likely N-dealkylation sites (N-methyl/N-ethyl adjacent to an activating group) is 1. The highest BCUT2D eigenvalue weighted by molar-refractivity contribution is 5.91. The number of carbonyl (C=O) groups excluding carboxylic acids is 3. The lowest BCUT2D eigenvalue weighted by atomic mass is 10.0. The Bertz CT molecular complexity index is 1520. The minimum Gasteiger partial charge on any atom is -0.359 e. The van der Waals surface area contributed by atoms with Crippen LogP contribution in [0.4, 0.5) is 0 Å². The van der Waals surface area contributed by atoms with Crippen LogP contribution in [0.15, 0.2) is 96.0 Å². The molecule has 1 saturated heterocycles. The summed E-state index contributed by atoms with van der Waals surface area (Å²) < 4.78 is 0. The minimum absolute atomic E-state index is 0.0470. The number of aryl methyl sites for hydroxylation is 1. The molecular formula is C40H55N7O3. The standard InChI is InChI=1S/C40H55N7O3/c1-30(45(4)5)37(48)43-35(24-23-31-16-9-6-10-17-31)39(50)47-26-15-22-34(47)29-46(27-25-32-18-11-7-12-19-32)38(49)36(44-40(41-2)42-3)28-33-20-13-8-14-21-33/h6-14,16-21,30,34-36H,15,22-29H2,1-5H3,(H,43,48)(H2,41,42,44)/t30-,34-,35-,36+/m0/s1. The summed E-state index contributed by atoms with van der Waals surface area (Å²) in [4.78, 5) is 52.2. The van der Waals surface area contributed by atoms with Crippen LogP contribution in [-0.2, 0) is 33.6 Å². The summed E-state index contributed by atoms with van der Waals surface area (Å²) in [5.74, 6) is 0.218. The van der Waals surface area contributed by atoms with Gasteiger partial charge < -0.3 is 25.8 Å². The molecule has 1 heterocycles. The highest BCUT2D eigenvalue weighted by Crippen LogP contribution is 2.22. The van der Waals surface area contributed by atoms with E-state index in [2.05, 4.69) is 33.1 Å². The molecule has 1 aliphatic rings. The number of hydrogen-bond acceptors (Lipinski definition) is 5. The fourth-order valence-corrected chi connectivity index (χ4v) is 6.39. The van der Waals surface area contributed by atoms with Crippen LogP contribution in [0.3, 0.4) is 0 Å². The molecule has 1 fully saturated rings. The average Bonchev–Trinajstić information content (AvgIpc) is 3.61. The van der Waals surface area contributed by atoms with Crippen LogP contribution < -0.4 is 16.0 Å². The van der Waals surface area contributed by atoms with E-state index in [9.17, 15) is 14.4 Å². The maximum Gasteiger partial charge on any atom is 0.245 e. The second kappa shape index (κ2) is 19.5. The van der Waals surface area contributed by atoms with E-state index in [0.717, 1.165) is 29.5 Å². The van der Waals surface area contributed by atoms with Gasteiger partial charge in [-0.25, -0.2) is 0 Å². The maximum absolute atomic E-state index is 14.6. The molecule has 50 heavy (non-hydrogen) atoms. The zero-order valence-electron chi connectivity index (χ0n) is 30.3. The van der Waals surface area contributed by atoms with Gasteiger partial charge in [0.25, 0.3) is 0 Å². The van der Waals surface area contributed by atoms with E-state index in [-0.39, 0.29) is 29.8 Å². The molecule has 10 heteroatoms. The van der Waals surface area contributed by atoms with Gasteiger partial charge in [0.1, 0.15) is 12.1 Å². The summed E-state index contributed by atoms with van der Waals surface area (Å²) in [5.41, 5.74) is 3.29. The van der Waals surface area contributed by atoms with Crippen LogP contribution in [0.5, 0.6) is 0 Å². The van der Waals surface area contributed by atoms with Crippen molar-refractivity contribution in [3.8, 4) is 0 Å². The van der Waals surface area contributed by atoms with Gasteiger partial charge in [-0.15, -0.1) is 0 Å². The molecule has 0 saturated carbocycles. The molecule has 4 atom stereocenters. The normalized spacial score (nSPS) is 16.4. The lowest BCUT2D eigenvalue weighted by molar-refractivity contribution is -0.140. The third kappa shape index (κ3) is 11.2. The highest BCUT2D eigenvalue weighted by atomic mass is 16.2. The van der Waals surface area contributed by atoms with Crippen molar-refractivity contribution in [1.29, 1.82) is 0 Å². The van der Waals surface area contributed by atoms with Crippen LogP contribution in [0.25, 0.3) is 0 Å². The van der Waals surface area contributed by atoms with Gasteiger partial charge in [0.15, 0.2) is 5.96 Å². The molecule has 0 unspecified atom stereocenters. The molecule has 0 aromatic heterocycles. The number of aliphatic imine (C=N–C) groups is 1. The van der Waals surface area contributed by atoms with E-state index in [4.69, 9.17) is 0 Å². The van der Waals surface area contributed by atoms with Crippen molar-refractivity contribution in [3.63, 3.8) is 0 Å². The number of hydrogen-bond donors (Lipinski definition) is 3. The average molecular weight is 682 g/mol. The Labute approximate surface area is 298 Å². The predicted octanol–water partition coefficient (Wildman–Crippen LogP) is 3.52. The van der Waals surface area contributed by atoms with E-state index in [0.29, 0.717) is 51.3 Å². The summed E-state index contributed by atoms with van der Waals surface area (Å²) in [7, 11) is 7.17. The Morgan fingerprint density at radius 2 is 1.42 bits per heavy atom.